The minimum atomic E-state index is 0.124. The molecule has 4 heteroatoms. The molecule has 0 aliphatic carbocycles. The van der Waals surface area contributed by atoms with Gasteiger partial charge in [-0.05, 0) is 64.4 Å². The van der Waals surface area contributed by atoms with Crippen molar-refractivity contribution in [1.29, 1.82) is 0 Å². The highest BCUT2D eigenvalue weighted by Gasteiger charge is 2.35. The molecule has 118 valence electrons. The number of nitrogen functional groups attached to an aromatic ring is 1. The van der Waals surface area contributed by atoms with E-state index in [9.17, 15) is 0 Å². The Balaban J connectivity index is 2.15. The van der Waals surface area contributed by atoms with Gasteiger partial charge < -0.3 is 11.1 Å². The van der Waals surface area contributed by atoms with Crippen LogP contribution in [-0.4, -0.2) is 41.1 Å². The summed E-state index contributed by atoms with van der Waals surface area (Å²) in [5.74, 6) is 0. The van der Waals surface area contributed by atoms with Gasteiger partial charge in [0.1, 0.15) is 0 Å². The van der Waals surface area contributed by atoms with E-state index in [0.29, 0.717) is 6.04 Å². The van der Waals surface area contributed by atoms with Crippen LogP contribution in [0.25, 0.3) is 0 Å². The van der Waals surface area contributed by atoms with Crippen molar-refractivity contribution in [3.05, 3.63) is 24.0 Å². The second-order valence-electron chi connectivity index (χ2n) is 6.59. The summed E-state index contributed by atoms with van der Waals surface area (Å²) in [5.41, 5.74) is 8.23. The van der Waals surface area contributed by atoms with E-state index in [0.717, 1.165) is 24.2 Å². The van der Waals surface area contributed by atoms with Gasteiger partial charge in [0.15, 0.2) is 0 Å². The standard InChI is InChI=1S/C17H30N4/c1-4-20-16(12-14-13-19-9-8-15(14)18)17(2,3)21-10-6-5-7-11-21/h8-9,13,16,20H,4-7,10-12H2,1-3H3,(H2,18,19). The molecular weight excluding hydrogens is 260 g/mol. The van der Waals surface area contributed by atoms with Crippen molar-refractivity contribution in [2.45, 2.75) is 58.0 Å². The number of likely N-dealkylation sites (N-methyl/N-ethyl adjacent to an activating group) is 1. The monoisotopic (exact) mass is 290 g/mol. The number of pyridine rings is 1. The van der Waals surface area contributed by atoms with Crippen molar-refractivity contribution in [3.63, 3.8) is 0 Å². The number of hydrogen-bond acceptors (Lipinski definition) is 4. The zero-order chi connectivity index (χ0) is 15.3. The number of nitrogens with one attached hydrogen (secondary N) is 1. The Hall–Kier alpha value is -1.13. The highest BCUT2D eigenvalue weighted by molar-refractivity contribution is 5.44. The molecule has 0 bridgehead atoms. The van der Waals surface area contributed by atoms with Gasteiger partial charge in [0.25, 0.3) is 0 Å². The lowest BCUT2D eigenvalue weighted by Gasteiger charge is -2.46. The quantitative estimate of drug-likeness (QED) is 0.845. The Labute approximate surface area is 129 Å². The highest BCUT2D eigenvalue weighted by atomic mass is 15.2. The normalized spacial score (nSPS) is 18.6. The molecule has 1 aliphatic heterocycles. The number of piperidine rings is 1. The Bertz CT molecular complexity index is 438. The van der Waals surface area contributed by atoms with Crippen molar-refractivity contribution in [2.75, 3.05) is 25.4 Å². The van der Waals surface area contributed by atoms with E-state index >= 15 is 0 Å². The van der Waals surface area contributed by atoms with Crippen molar-refractivity contribution in [2.24, 2.45) is 0 Å². The van der Waals surface area contributed by atoms with Gasteiger partial charge in [-0.2, -0.15) is 0 Å². The summed E-state index contributed by atoms with van der Waals surface area (Å²) in [6.45, 7) is 10.3. The Morgan fingerprint density at radius 3 is 2.67 bits per heavy atom. The third kappa shape index (κ3) is 3.95. The molecule has 1 aromatic heterocycles. The average molecular weight is 290 g/mol. The van der Waals surface area contributed by atoms with Gasteiger partial charge in [-0.15, -0.1) is 0 Å². The summed E-state index contributed by atoms with van der Waals surface area (Å²) in [6.07, 6.45) is 8.60. The van der Waals surface area contributed by atoms with Gasteiger partial charge in [0, 0.05) is 29.7 Å². The van der Waals surface area contributed by atoms with Gasteiger partial charge in [-0.3, -0.25) is 9.88 Å². The zero-order valence-electron chi connectivity index (χ0n) is 13.7. The minimum absolute atomic E-state index is 0.124. The summed E-state index contributed by atoms with van der Waals surface area (Å²) in [4.78, 5) is 6.87. The molecule has 1 aliphatic rings. The van der Waals surface area contributed by atoms with Gasteiger partial charge in [0.2, 0.25) is 0 Å². The van der Waals surface area contributed by atoms with Gasteiger partial charge in [-0.1, -0.05) is 13.3 Å². The second kappa shape index (κ2) is 7.23. The van der Waals surface area contributed by atoms with Crippen molar-refractivity contribution < 1.29 is 0 Å². The van der Waals surface area contributed by atoms with E-state index in [1.807, 2.05) is 12.3 Å². The Kier molecular flexibility index (Phi) is 5.59. The number of likely N-dealkylation sites (tertiary alicyclic amines) is 1. The molecule has 21 heavy (non-hydrogen) atoms. The molecule has 3 N–H and O–H groups in total. The number of aromatic nitrogens is 1. The smallest absolute Gasteiger partial charge is 0.0378 e. The van der Waals surface area contributed by atoms with Crippen LogP contribution < -0.4 is 11.1 Å². The van der Waals surface area contributed by atoms with Gasteiger partial charge >= 0.3 is 0 Å². The lowest BCUT2D eigenvalue weighted by Crippen LogP contribution is -2.59. The first-order valence-electron chi connectivity index (χ1n) is 8.22. The molecule has 1 aromatic rings. The van der Waals surface area contributed by atoms with Crippen LogP contribution in [0.15, 0.2) is 18.5 Å². The number of rotatable bonds is 6. The third-order valence-electron chi connectivity index (χ3n) is 4.84. The number of nitrogens with zero attached hydrogens (tertiary/aromatic N) is 2. The molecule has 2 heterocycles. The van der Waals surface area contributed by atoms with E-state index in [4.69, 9.17) is 5.73 Å². The molecule has 0 spiro atoms. The topological polar surface area (TPSA) is 54.2 Å². The fourth-order valence-electron chi connectivity index (χ4n) is 3.34. The van der Waals surface area contributed by atoms with Crippen LogP contribution in [0.5, 0.6) is 0 Å². The summed E-state index contributed by atoms with van der Waals surface area (Å²) in [5, 5.41) is 3.67. The first-order valence-corrected chi connectivity index (χ1v) is 8.22. The maximum atomic E-state index is 6.11. The largest absolute Gasteiger partial charge is 0.398 e. The highest BCUT2D eigenvalue weighted by Crippen LogP contribution is 2.26. The molecule has 0 amide bonds. The van der Waals surface area contributed by atoms with Crippen LogP contribution in [0.2, 0.25) is 0 Å². The number of nitrogens with two attached hydrogens (primary N) is 1. The first-order chi connectivity index (χ1) is 10.1. The maximum absolute atomic E-state index is 6.11. The molecule has 0 saturated carbocycles. The third-order valence-corrected chi connectivity index (χ3v) is 4.84. The van der Waals surface area contributed by atoms with E-state index < -0.39 is 0 Å². The molecule has 1 atom stereocenters. The predicted molar refractivity (Wildman–Crippen MR) is 89.3 cm³/mol. The van der Waals surface area contributed by atoms with Crippen LogP contribution in [0, 0.1) is 0 Å². The predicted octanol–water partition coefficient (Wildman–Crippen LogP) is 2.45. The fraction of sp³-hybridized carbons (Fsp3) is 0.706. The molecule has 0 radical (unpaired) electrons. The first kappa shape index (κ1) is 16.2. The number of anilines is 1. The number of hydrogen-bond donors (Lipinski definition) is 2. The lowest BCUT2D eigenvalue weighted by molar-refractivity contribution is 0.0616. The van der Waals surface area contributed by atoms with Gasteiger partial charge in [0.05, 0.1) is 0 Å². The average Bonchev–Trinajstić information content (AvgIpc) is 2.50. The minimum Gasteiger partial charge on any atom is -0.398 e. The summed E-state index contributed by atoms with van der Waals surface area (Å²) < 4.78 is 0. The van der Waals surface area contributed by atoms with Crippen LogP contribution in [0.4, 0.5) is 5.69 Å². The summed E-state index contributed by atoms with van der Waals surface area (Å²) >= 11 is 0. The van der Waals surface area contributed by atoms with Crippen molar-refractivity contribution in [1.82, 2.24) is 15.2 Å². The SMILES string of the molecule is CCNC(Cc1cnccc1N)C(C)(C)N1CCCCC1. The molecule has 1 unspecified atom stereocenters. The lowest BCUT2D eigenvalue weighted by atomic mass is 9.86. The second-order valence-corrected chi connectivity index (χ2v) is 6.59. The Morgan fingerprint density at radius 2 is 2.05 bits per heavy atom. The molecule has 2 rings (SSSR count). The van der Waals surface area contributed by atoms with Crippen LogP contribution >= 0.6 is 0 Å². The maximum Gasteiger partial charge on any atom is 0.0378 e. The van der Waals surface area contributed by atoms with E-state index in [1.54, 1.807) is 6.20 Å². The fourth-order valence-corrected chi connectivity index (χ4v) is 3.34. The molecule has 1 fully saturated rings. The van der Waals surface area contributed by atoms with Gasteiger partial charge in [-0.25, -0.2) is 0 Å². The Morgan fingerprint density at radius 1 is 1.33 bits per heavy atom. The van der Waals surface area contributed by atoms with Crippen LogP contribution in [-0.2, 0) is 6.42 Å². The van der Waals surface area contributed by atoms with E-state index in [1.165, 1.54) is 32.4 Å². The van der Waals surface area contributed by atoms with E-state index in [2.05, 4.69) is 36.0 Å². The molecular formula is C17H30N4. The molecule has 0 aromatic carbocycles. The zero-order valence-corrected chi connectivity index (χ0v) is 13.7. The molecule has 4 nitrogen and oxygen atoms in total. The molecule has 1 saturated heterocycles. The van der Waals surface area contributed by atoms with Crippen LogP contribution in [0.1, 0.15) is 45.6 Å². The van der Waals surface area contributed by atoms with Crippen LogP contribution in [0.3, 0.4) is 0 Å². The summed E-state index contributed by atoms with van der Waals surface area (Å²) in [6, 6.07) is 2.28. The summed E-state index contributed by atoms with van der Waals surface area (Å²) in [7, 11) is 0. The van der Waals surface area contributed by atoms with Crippen molar-refractivity contribution in [3.8, 4) is 0 Å². The van der Waals surface area contributed by atoms with Crippen molar-refractivity contribution >= 4 is 5.69 Å². The van der Waals surface area contributed by atoms with E-state index in [-0.39, 0.29) is 5.54 Å².